The quantitative estimate of drug-likeness (QED) is 0.158. The number of rotatable bonds is 16. The molecule has 0 N–H and O–H groups in total. The van der Waals surface area contributed by atoms with Crippen molar-refractivity contribution in [2.24, 2.45) is 23.2 Å². The summed E-state index contributed by atoms with van der Waals surface area (Å²) >= 11 is 0. The fourth-order valence-corrected chi connectivity index (χ4v) is 5.14. The Kier molecular flexibility index (Phi) is 12.5. The van der Waals surface area contributed by atoms with E-state index in [1.54, 1.807) is 6.92 Å². The van der Waals surface area contributed by atoms with Gasteiger partial charge >= 0.3 is 5.97 Å². The molecule has 4 heteroatoms. The Morgan fingerprint density at radius 2 is 1.73 bits per heavy atom. The number of ketones is 2. The first-order valence-electron chi connectivity index (χ1n) is 12.5. The Hall–Kier alpha value is -1.19. The van der Waals surface area contributed by atoms with E-state index >= 15 is 0 Å². The third kappa shape index (κ3) is 9.31. The molecule has 0 bridgehead atoms. The minimum absolute atomic E-state index is 0.0139. The topological polar surface area (TPSA) is 60.4 Å². The van der Waals surface area contributed by atoms with Crippen LogP contribution in [0.25, 0.3) is 0 Å². The Morgan fingerprint density at radius 3 is 2.37 bits per heavy atom. The normalized spacial score (nSPS) is 20.4. The molecule has 0 aromatic rings. The predicted molar refractivity (Wildman–Crippen MR) is 122 cm³/mol. The van der Waals surface area contributed by atoms with Gasteiger partial charge in [-0.15, -0.1) is 0 Å². The molecule has 1 saturated carbocycles. The Morgan fingerprint density at radius 1 is 1.03 bits per heavy atom. The van der Waals surface area contributed by atoms with Crippen LogP contribution in [-0.4, -0.2) is 24.1 Å². The van der Waals surface area contributed by atoms with Gasteiger partial charge in [0.05, 0.1) is 6.61 Å². The zero-order valence-corrected chi connectivity index (χ0v) is 20.3. The third-order valence-corrected chi connectivity index (χ3v) is 6.91. The van der Waals surface area contributed by atoms with Crippen molar-refractivity contribution in [1.82, 2.24) is 0 Å². The molecule has 0 spiro atoms. The second kappa shape index (κ2) is 14.0. The molecule has 0 saturated heterocycles. The van der Waals surface area contributed by atoms with Gasteiger partial charge in [-0.2, -0.15) is 0 Å². The van der Waals surface area contributed by atoms with Crippen LogP contribution in [0, 0.1) is 23.2 Å². The summed E-state index contributed by atoms with van der Waals surface area (Å²) < 4.78 is 5.01. The highest BCUT2D eigenvalue weighted by molar-refractivity contribution is 5.98. The van der Waals surface area contributed by atoms with Crippen LogP contribution in [0.5, 0.6) is 0 Å². The first-order chi connectivity index (χ1) is 14.3. The lowest BCUT2D eigenvalue weighted by Gasteiger charge is -2.24. The van der Waals surface area contributed by atoms with E-state index in [0.717, 1.165) is 38.5 Å². The number of esters is 1. The lowest BCUT2D eigenvalue weighted by Crippen LogP contribution is -2.25. The van der Waals surface area contributed by atoms with Crippen LogP contribution >= 0.6 is 0 Å². The van der Waals surface area contributed by atoms with Gasteiger partial charge in [-0.25, -0.2) is 0 Å². The molecule has 1 aliphatic rings. The highest BCUT2D eigenvalue weighted by atomic mass is 16.5. The molecule has 0 heterocycles. The molecule has 174 valence electrons. The molecule has 1 unspecified atom stereocenters. The average molecular weight is 423 g/mol. The lowest BCUT2D eigenvalue weighted by atomic mass is 9.81. The summed E-state index contributed by atoms with van der Waals surface area (Å²) in [5.41, 5.74) is 0.437. The number of Topliss-reactive ketones (excluding diaryl/α,β-unsaturated/α-hetero) is 2. The van der Waals surface area contributed by atoms with Gasteiger partial charge in [-0.1, -0.05) is 53.4 Å². The van der Waals surface area contributed by atoms with E-state index < -0.39 is 11.9 Å². The fraction of sp³-hybridized carbons (Fsp3) is 0.885. The van der Waals surface area contributed by atoms with Crippen LogP contribution in [0.15, 0.2) is 0 Å². The summed E-state index contributed by atoms with van der Waals surface area (Å²) in [7, 11) is 0. The van der Waals surface area contributed by atoms with Gasteiger partial charge in [-0.3, -0.25) is 14.4 Å². The lowest BCUT2D eigenvalue weighted by molar-refractivity contribution is -0.151. The maximum absolute atomic E-state index is 12.4. The minimum Gasteiger partial charge on any atom is -0.465 e. The van der Waals surface area contributed by atoms with Gasteiger partial charge in [-0.05, 0) is 63.2 Å². The smallest absolute Gasteiger partial charge is 0.316 e. The molecule has 0 aliphatic heterocycles. The molecule has 0 amide bonds. The summed E-state index contributed by atoms with van der Waals surface area (Å²) in [6, 6.07) is 0. The van der Waals surface area contributed by atoms with E-state index in [-0.39, 0.29) is 11.7 Å². The van der Waals surface area contributed by atoms with Gasteiger partial charge in [0.1, 0.15) is 17.5 Å². The second-order valence-corrected chi connectivity index (χ2v) is 9.96. The van der Waals surface area contributed by atoms with Crippen molar-refractivity contribution in [3.05, 3.63) is 0 Å². The molecular weight excluding hydrogens is 376 g/mol. The van der Waals surface area contributed by atoms with Crippen molar-refractivity contribution < 1.29 is 19.1 Å². The molecule has 0 aromatic carbocycles. The zero-order chi connectivity index (χ0) is 22.6. The molecule has 30 heavy (non-hydrogen) atoms. The summed E-state index contributed by atoms with van der Waals surface area (Å²) in [5.74, 6) is 0.123. The summed E-state index contributed by atoms with van der Waals surface area (Å²) in [4.78, 5) is 36.6. The molecule has 3 atom stereocenters. The second-order valence-electron chi connectivity index (χ2n) is 9.96. The Balaban J connectivity index is 2.34. The van der Waals surface area contributed by atoms with Gasteiger partial charge < -0.3 is 4.74 Å². The van der Waals surface area contributed by atoms with Crippen LogP contribution in [0.1, 0.15) is 118 Å². The average Bonchev–Trinajstić information content (AvgIpc) is 3.03. The molecule has 4 nitrogen and oxygen atoms in total. The number of hydrogen-bond acceptors (Lipinski definition) is 4. The van der Waals surface area contributed by atoms with Crippen molar-refractivity contribution in [3.8, 4) is 0 Å². The Bertz CT molecular complexity index is 537. The molecule has 1 fully saturated rings. The number of ether oxygens (including phenoxy) is 1. The van der Waals surface area contributed by atoms with Crippen LogP contribution in [0.4, 0.5) is 0 Å². The van der Waals surface area contributed by atoms with Crippen molar-refractivity contribution in [3.63, 3.8) is 0 Å². The highest BCUT2D eigenvalue weighted by Crippen LogP contribution is 2.37. The molecule has 1 rings (SSSR count). The maximum atomic E-state index is 12.4. The van der Waals surface area contributed by atoms with Gasteiger partial charge in [0, 0.05) is 18.8 Å². The standard InChI is InChI=1S/C26H46O4/c1-6-18-26(4,5)19-12-11-13-20-16-17-24(28)22(20)14-9-10-15-23(27)21(7-2)25(29)30-8-3/h20-22H,6-19H2,1-5H3/t20-,21?,22+/m0/s1. The predicted octanol–water partition coefficient (Wildman–Crippen LogP) is 6.69. The zero-order valence-electron chi connectivity index (χ0n) is 20.3. The number of carbonyl (C=O) groups excluding carboxylic acids is 3. The van der Waals surface area contributed by atoms with E-state index in [4.69, 9.17) is 4.74 Å². The van der Waals surface area contributed by atoms with E-state index in [2.05, 4.69) is 20.8 Å². The van der Waals surface area contributed by atoms with Crippen LogP contribution in [0.2, 0.25) is 0 Å². The number of unbranched alkanes of at least 4 members (excludes halogenated alkanes) is 2. The van der Waals surface area contributed by atoms with E-state index in [9.17, 15) is 14.4 Å². The number of hydrogen-bond donors (Lipinski definition) is 0. The van der Waals surface area contributed by atoms with Crippen molar-refractivity contribution in [2.45, 2.75) is 118 Å². The van der Waals surface area contributed by atoms with Crippen LogP contribution < -0.4 is 0 Å². The number of carbonyl (C=O) groups is 3. The summed E-state index contributed by atoms with van der Waals surface area (Å²) in [6.45, 7) is 10.9. The van der Waals surface area contributed by atoms with Crippen molar-refractivity contribution in [1.29, 1.82) is 0 Å². The highest BCUT2D eigenvalue weighted by Gasteiger charge is 2.33. The summed E-state index contributed by atoms with van der Waals surface area (Å²) in [5, 5.41) is 0. The van der Waals surface area contributed by atoms with Gasteiger partial charge in [0.25, 0.3) is 0 Å². The van der Waals surface area contributed by atoms with Crippen molar-refractivity contribution >= 4 is 17.5 Å². The first kappa shape index (κ1) is 26.8. The van der Waals surface area contributed by atoms with E-state index in [0.29, 0.717) is 36.6 Å². The Labute approximate surface area is 184 Å². The maximum Gasteiger partial charge on any atom is 0.316 e. The van der Waals surface area contributed by atoms with Crippen LogP contribution in [-0.2, 0) is 19.1 Å². The third-order valence-electron chi connectivity index (χ3n) is 6.91. The molecule has 1 aliphatic carbocycles. The largest absolute Gasteiger partial charge is 0.465 e. The monoisotopic (exact) mass is 422 g/mol. The fourth-order valence-electron chi connectivity index (χ4n) is 5.14. The van der Waals surface area contributed by atoms with Gasteiger partial charge in [0.2, 0.25) is 0 Å². The van der Waals surface area contributed by atoms with Gasteiger partial charge in [0.15, 0.2) is 0 Å². The van der Waals surface area contributed by atoms with E-state index in [1.165, 1.54) is 32.1 Å². The summed E-state index contributed by atoms with van der Waals surface area (Å²) in [6.07, 6.45) is 12.7. The minimum atomic E-state index is -0.622. The molecular formula is C26H46O4. The first-order valence-corrected chi connectivity index (χ1v) is 12.5. The molecule has 0 radical (unpaired) electrons. The van der Waals surface area contributed by atoms with E-state index in [1.807, 2.05) is 6.92 Å². The van der Waals surface area contributed by atoms with Crippen molar-refractivity contribution in [2.75, 3.05) is 6.61 Å². The SMILES string of the molecule is CCCC(C)(C)CCCC[C@H]1CCC(=O)[C@@H]1CCCCC(=O)C(CC)C(=O)OCC. The molecule has 0 aromatic heterocycles. The van der Waals surface area contributed by atoms with Crippen LogP contribution in [0.3, 0.4) is 0 Å².